The molecule has 0 atom stereocenters. The molecule has 0 unspecified atom stereocenters. The molecule has 22 heavy (non-hydrogen) atoms. The highest BCUT2D eigenvalue weighted by molar-refractivity contribution is 5.68. The van der Waals surface area contributed by atoms with E-state index in [0.29, 0.717) is 0 Å². The molecule has 0 amide bonds. The smallest absolute Gasteiger partial charge is 0.0149 e. The first-order valence-corrected chi connectivity index (χ1v) is 9.03. The molecule has 2 aromatic rings. The van der Waals surface area contributed by atoms with Crippen LogP contribution in [0.2, 0.25) is 0 Å². The van der Waals surface area contributed by atoms with Crippen LogP contribution in [0.25, 0.3) is 11.1 Å². The SMILES string of the molecule is CCCC[C@H]1CC[C@H](c2ccccc2-c2ccccc2)CC1. The van der Waals surface area contributed by atoms with Gasteiger partial charge >= 0.3 is 0 Å². The third-order valence-corrected chi connectivity index (χ3v) is 5.30. The molecule has 1 saturated carbocycles. The molecule has 116 valence electrons. The quantitative estimate of drug-likeness (QED) is 0.567. The van der Waals surface area contributed by atoms with Gasteiger partial charge in [-0.05, 0) is 54.2 Å². The van der Waals surface area contributed by atoms with Crippen molar-refractivity contribution in [3.8, 4) is 11.1 Å². The number of hydrogen-bond donors (Lipinski definition) is 0. The highest BCUT2D eigenvalue weighted by Gasteiger charge is 2.23. The first-order chi connectivity index (χ1) is 10.9. The van der Waals surface area contributed by atoms with Gasteiger partial charge in [-0.25, -0.2) is 0 Å². The van der Waals surface area contributed by atoms with Crippen LogP contribution in [0.1, 0.15) is 63.4 Å². The lowest BCUT2D eigenvalue weighted by Crippen LogP contribution is -2.14. The fraction of sp³-hybridized carbons (Fsp3) is 0.455. The molecule has 0 aromatic heterocycles. The van der Waals surface area contributed by atoms with E-state index in [9.17, 15) is 0 Å². The Balaban J connectivity index is 1.74. The van der Waals surface area contributed by atoms with Gasteiger partial charge in [-0.3, -0.25) is 0 Å². The van der Waals surface area contributed by atoms with Gasteiger partial charge in [0.25, 0.3) is 0 Å². The molecule has 0 radical (unpaired) electrons. The second-order valence-corrected chi connectivity index (χ2v) is 6.81. The third-order valence-electron chi connectivity index (χ3n) is 5.30. The number of hydrogen-bond acceptors (Lipinski definition) is 0. The van der Waals surface area contributed by atoms with E-state index < -0.39 is 0 Å². The van der Waals surface area contributed by atoms with E-state index >= 15 is 0 Å². The average molecular weight is 292 g/mol. The Labute approximate surface area is 135 Å². The van der Waals surface area contributed by atoms with Crippen LogP contribution in [-0.4, -0.2) is 0 Å². The summed E-state index contributed by atoms with van der Waals surface area (Å²) in [5.41, 5.74) is 4.38. The Hall–Kier alpha value is -1.56. The molecule has 0 aliphatic heterocycles. The Morgan fingerprint density at radius 2 is 1.50 bits per heavy atom. The van der Waals surface area contributed by atoms with Gasteiger partial charge in [-0.15, -0.1) is 0 Å². The standard InChI is InChI=1S/C22H28/c1-2-3-9-18-14-16-20(17-15-18)22-13-8-7-12-21(22)19-10-5-4-6-11-19/h4-8,10-13,18,20H,2-3,9,14-17H2,1H3/t18-,20-. The highest BCUT2D eigenvalue weighted by Crippen LogP contribution is 2.41. The predicted molar refractivity (Wildman–Crippen MR) is 96.1 cm³/mol. The summed E-state index contributed by atoms with van der Waals surface area (Å²) >= 11 is 0. The van der Waals surface area contributed by atoms with Crippen LogP contribution in [0.4, 0.5) is 0 Å². The van der Waals surface area contributed by atoms with E-state index in [4.69, 9.17) is 0 Å². The topological polar surface area (TPSA) is 0 Å². The van der Waals surface area contributed by atoms with Crippen molar-refractivity contribution in [3.63, 3.8) is 0 Å². The lowest BCUT2D eigenvalue weighted by Gasteiger charge is -2.30. The average Bonchev–Trinajstić information content (AvgIpc) is 2.61. The highest BCUT2D eigenvalue weighted by atomic mass is 14.3. The van der Waals surface area contributed by atoms with E-state index in [-0.39, 0.29) is 0 Å². The summed E-state index contributed by atoms with van der Waals surface area (Å²) in [5, 5.41) is 0. The monoisotopic (exact) mass is 292 g/mol. The molecule has 1 aliphatic carbocycles. The maximum Gasteiger partial charge on any atom is -0.0149 e. The zero-order valence-electron chi connectivity index (χ0n) is 13.8. The van der Waals surface area contributed by atoms with Crippen molar-refractivity contribution in [1.82, 2.24) is 0 Å². The van der Waals surface area contributed by atoms with Gasteiger partial charge < -0.3 is 0 Å². The minimum atomic E-state index is 0.759. The molecule has 0 bridgehead atoms. The largest absolute Gasteiger partial charge is 0.0654 e. The minimum absolute atomic E-state index is 0.759. The molecular weight excluding hydrogens is 264 g/mol. The summed E-state index contributed by atoms with van der Waals surface area (Å²) in [7, 11) is 0. The van der Waals surface area contributed by atoms with Crippen molar-refractivity contribution < 1.29 is 0 Å². The Bertz CT molecular complexity index is 562. The summed E-state index contributed by atoms with van der Waals surface area (Å²) in [4.78, 5) is 0. The van der Waals surface area contributed by atoms with Crippen LogP contribution in [0.15, 0.2) is 54.6 Å². The van der Waals surface area contributed by atoms with E-state index in [1.165, 1.54) is 56.1 Å². The fourth-order valence-corrected chi connectivity index (χ4v) is 3.99. The fourth-order valence-electron chi connectivity index (χ4n) is 3.99. The molecule has 0 nitrogen and oxygen atoms in total. The van der Waals surface area contributed by atoms with E-state index in [1.807, 2.05) is 0 Å². The van der Waals surface area contributed by atoms with Crippen LogP contribution in [0, 0.1) is 5.92 Å². The van der Waals surface area contributed by atoms with Gasteiger partial charge in [0.1, 0.15) is 0 Å². The van der Waals surface area contributed by atoms with E-state index in [0.717, 1.165) is 11.8 Å². The maximum atomic E-state index is 2.36. The lowest BCUT2D eigenvalue weighted by atomic mass is 9.75. The van der Waals surface area contributed by atoms with Crippen LogP contribution in [0.3, 0.4) is 0 Å². The van der Waals surface area contributed by atoms with Crippen molar-refractivity contribution in [1.29, 1.82) is 0 Å². The van der Waals surface area contributed by atoms with Crippen molar-refractivity contribution >= 4 is 0 Å². The molecule has 2 aromatic carbocycles. The Morgan fingerprint density at radius 3 is 2.23 bits per heavy atom. The van der Waals surface area contributed by atoms with Crippen molar-refractivity contribution in [2.45, 2.75) is 57.8 Å². The summed E-state index contributed by atoms with van der Waals surface area (Å²) in [6, 6.07) is 19.9. The summed E-state index contributed by atoms with van der Waals surface area (Å²) < 4.78 is 0. The van der Waals surface area contributed by atoms with Gasteiger partial charge in [0.2, 0.25) is 0 Å². The van der Waals surface area contributed by atoms with Crippen molar-refractivity contribution in [2.75, 3.05) is 0 Å². The van der Waals surface area contributed by atoms with E-state index in [2.05, 4.69) is 61.5 Å². The van der Waals surface area contributed by atoms with Crippen LogP contribution < -0.4 is 0 Å². The number of benzene rings is 2. The van der Waals surface area contributed by atoms with Crippen molar-refractivity contribution in [2.24, 2.45) is 5.92 Å². The van der Waals surface area contributed by atoms with E-state index in [1.54, 1.807) is 5.56 Å². The van der Waals surface area contributed by atoms with Gasteiger partial charge in [0, 0.05) is 0 Å². The molecule has 3 rings (SSSR count). The van der Waals surface area contributed by atoms with Gasteiger partial charge in [0.05, 0.1) is 0 Å². The predicted octanol–water partition coefficient (Wildman–Crippen LogP) is 6.82. The van der Waals surface area contributed by atoms with Crippen molar-refractivity contribution in [3.05, 3.63) is 60.2 Å². The molecule has 1 aliphatic rings. The second-order valence-electron chi connectivity index (χ2n) is 6.81. The lowest BCUT2D eigenvalue weighted by molar-refractivity contribution is 0.304. The first-order valence-electron chi connectivity index (χ1n) is 9.03. The summed E-state index contributed by atoms with van der Waals surface area (Å²) in [6.45, 7) is 2.31. The first kappa shape index (κ1) is 15.3. The third kappa shape index (κ3) is 3.61. The molecule has 0 spiro atoms. The second kappa shape index (κ2) is 7.63. The number of rotatable bonds is 5. The molecule has 0 heteroatoms. The van der Waals surface area contributed by atoms with Gasteiger partial charge in [-0.2, -0.15) is 0 Å². The molecule has 0 heterocycles. The summed E-state index contributed by atoms with van der Waals surface area (Å²) in [6.07, 6.45) is 9.80. The van der Waals surface area contributed by atoms with Gasteiger partial charge in [0.15, 0.2) is 0 Å². The minimum Gasteiger partial charge on any atom is -0.0654 e. The Morgan fingerprint density at radius 1 is 0.818 bits per heavy atom. The maximum absolute atomic E-state index is 2.36. The zero-order valence-corrected chi connectivity index (χ0v) is 13.8. The van der Waals surface area contributed by atoms with Crippen LogP contribution in [-0.2, 0) is 0 Å². The molecular formula is C22H28. The molecule has 0 N–H and O–H groups in total. The molecule has 1 fully saturated rings. The van der Waals surface area contributed by atoms with Crippen LogP contribution in [0.5, 0.6) is 0 Å². The normalized spacial score (nSPS) is 21.7. The zero-order chi connectivity index (χ0) is 15.2. The van der Waals surface area contributed by atoms with Crippen LogP contribution >= 0.6 is 0 Å². The Kier molecular flexibility index (Phi) is 5.32. The number of unbranched alkanes of at least 4 members (excludes halogenated alkanes) is 1. The van der Waals surface area contributed by atoms with Gasteiger partial charge in [-0.1, -0.05) is 80.8 Å². The molecule has 0 saturated heterocycles. The summed E-state index contributed by atoms with van der Waals surface area (Å²) in [5.74, 6) is 1.74.